The second-order valence-corrected chi connectivity index (χ2v) is 7.09. The Bertz CT molecular complexity index is 755. The molecule has 0 fully saturated rings. The molecule has 0 saturated carbocycles. The summed E-state index contributed by atoms with van der Waals surface area (Å²) in [5, 5.41) is 4.86. The van der Waals surface area contributed by atoms with Crippen molar-refractivity contribution in [1.29, 1.82) is 0 Å². The predicted octanol–water partition coefficient (Wildman–Crippen LogP) is 4.71. The highest BCUT2D eigenvalue weighted by molar-refractivity contribution is 8.17. The molecule has 2 nitrogen and oxygen atoms in total. The summed E-state index contributed by atoms with van der Waals surface area (Å²) >= 11 is 3.72. The third kappa shape index (κ3) is 1.68. The van der Waals surface area contributed by atoms with Gasteiger partial charge in [-0.25, -0.2) is 0 Å². The number of hydrogen-bond donors (Lipinski definition) is 0. The quantitative estimate of drug-likeness (QED) is 0.798. The Labute approximate surface area is 127 Å². The van der Waals surface area contributed by atoms with Gasteiger partial charge < -0.3 is 4.90 Å². The number of amidine groups is 1. The van der Waals surface area contributed by atoms with Gasteiger partial charge in [0.2, 0.25) is 0 Å². The van der Waals surface area contributed by atoms with Gasteiger partial charge in [0.1, 0.15) is 0 Å². The van der Waals surface area contributed by atoms with Gasteiger partial charge in [0.15, 0.2) is 5.17 Å². The number of rotatable bonds is 2. The molecule has 0 aliphatic carbocycles. The van der Waals surface area contributed by atoms with Crippen molar-refractivity contribution < 1.29 is 0 Å². The van der Waals surface area contributed by atoms with Gasteiger partial charge in [-0.05, 0) is 29.7 Å². The summed E-state index contributed by atoms with van der Waals surface area (Å²) in [6, 6.07) is 6.69. The van der Waals surface area contributed by atoms with E-state index in [1.807, 2.05) is 23.1 Å². The average molecular weight is 300 g/mol. The van der Waals surface area contributed by atoms with Crippen molar-refractivity contribution in [2.24, 2.45) is 4.99 Å². The second kappa shape index (κ2) is 4.64. The molecule has 2 aromatic rings. The first kappa shape index (κ1) is 12.5. The lowest BCUT2D eigenvalue weighted by Gasteiger charge is -2.18. The molecule has 20 heavy (non-hydrogen) atoms. The molecule has 0 bridgehead atoms. The molecule has 0 N–H and O–H groups in total. The number of hydrogen-bond acceptors (Lipinski definition) is 4. The Morgan fingerprint density at radius 1 is 1.35 bits per heavy atom. The van der Waals surface area contributed by atoms with E-state index in [0.29, 0.717) is 0 Å². The molecule has 1 aromatic carbocycles. The first-order valence-corrected chi connectivity index (χ1v) is 8.69. The van der Waals surface area contributed by atoms with Gasteiger partial charge in [0.05, 0.1) is 12.2 Å². The summed E-state index contributed by atoms with van der Waals surface area (Å²) in [5.74, 6) is 0. The zero-order valence-corrected chi connectivity index (χ0v) is 13.3. The summed E-state index contributed by atoms with van der Waals surface area (Å²) in [6.07, 6.45) is 1.08. The molecular formula is C16H16N2S2. The van der Waals surface area contributed by atoms with Crippen LogP contribution in [0.5, 0.6) is 0 Å². The molecule has 4 heteroatoms. The lowest BCUT2D eigenvalue weighted by molar-refractivity contribution is 0.647. The van der Waals surface area contributed by atoms with Gasteiger partial charge in [-0.1, -0.05) is 36.9 Å². The van der Waals surface area contributed by atoms with Crippen LogP contribution in [-0.2, 0) is 0 Å². The first-order valence-electron chi connectivity index (χ1n) is 6.99. The van der Waals surface area contributed by atoms with Gasteiger partial charge >= 0.3 is 0 Å². The molecule has 0 spiro atoms. The molecule has 2 aliphatic heterocycles. The SMILES string of the molecule is CCC1=C(c2cccc3c(C)csc23)N2CCN=C2S1. The summed E-state index contributed by atoms with van der Waals surface area (Å²) < 4.78 is 1.42. The van der Waals surface area contributed by atoms with Gasteiger partial charge in [-0.2, -0.15) is 0 Å². The molecule has 0 saturated heterocycles. The minimum atomic E-state index is 0.933. The van der Waals surface area contributed by atoms with Crippen LogP contribution in [0.15, 0.2) is 33.5 Å². The van der Waals surface area contributed by atoms with Crippen LogP contribution in [0.25, 0.3) is 15.8 Å². The number of nitrogens with zero attached hydrogens (tertiary/aromatic N) is 2. The van der Waals surface area contributed by atoms with Crippen LogP contribution >= 0.6 is 23.1 Å². The summed E-state index contributed by atoms with van der Waals surface area (Å²) in [5.41, 5.74) is 4.17. The van der Waals surface area contributed by atoms with Crippen molar-refractivity contribution in [3.63, 3.8) is 0 Å². The monoisotopic (exact) mass is 300 g/mol. The maximum Gasteiger partial charge on any atom is 0.168 e. The van der Waals surface area contributed by atoms with E-state index < -0.39 is 0 Å². The number of aliphatic imine (C=N–C) groups is 1. The number of benzene rings is 1. The van der Waals surface area contributed by atoms with E-state index in [4.69, 9.17) is 0 Å². The Hall–Kier alpha value is -1.26. The minimum absolute atomic E-state index is 0.933. The fraction of sp³-hybridized carbons (Fsp3) is 0.312. The lowest BCUT2D eigenvalue weighted by atomic mass is 10.1. The third-order valence-corrected chi connectivity index (χ3v) is 6.33. The Morgan fingerprint density at radius 3 is 3.10 bits per heavy atom. The van der Waals surface area contributed by atoms with Crippen molar-refractivity contribution in [2.45, 2.75) is 20.3 Å². The standard InChI is InChI=1S/C16H16N2S2/c1-3-13-14(18-8-7-17-16(18)20-13)12-6-4-5-11-10(2)9-19-15(11)12/h4-6,9H,3,7-8H2,1-2H3. The normalized spacial score (nSPS) is 18.1. The number of aryl methyl sites for hydroxylation is 1. The van der Waals surface area contributed by atoms with Crippen LogP contribution in [0.3, 0.4) is 0 Å². The highest BCUT2D eigenvalue weighted by Gasteiger charge is 2.32. The van der Waals surface area contributed by atoms with Gasteiger partial charge in [0, 0.05) is 21.7 Å². The summed E-state index contributed by atoms with van der Waals surface area (Å²) in [6.45, 7) is 6.40. The summed E-state index contributed by atoms with van der Waals surface area (Å²) in [7, 11) is 0. The topological polar surface area (TPSA) is 15.6 Å². The van der Waals surface area contributed by atoms with Crippen LogP contribution in [-0.4, -0.2) is 23.2 Å². The number of allylic oxidation sites excluding steroid dienone is 1. The first-order chi connectivity index (χ1) is 9.79. The van der Waals surface area contributed by atoms with E-state index in [1.54, 1.807) is 0 Å². The van der Waals surface area contributed by atoms with Crippen LogP contribution in [0.2, 0.25) is 0 Å². The molecule has 0 amide bonds. The molecule has 1 aromatic heterocycles. The molecule has 4 rings (SSSR count). The molecule has 102 valence electrons. The largest absolute Gasteiger partial charge is 0.318 e. The fourth-order valence-corrected chi connectivity index (χ4v) is 5.14. The molecule has 2 aliphatic rings. The highest BCUT2D eigenvalue weighted by atomic mass is 32.2. The van der Waals surface area contributed by atoms with Crippen LogP contribution in [0.4, 0.5) is 0 Å². The predicted molar refractivity (Wildman–Crippen MR) is 90.4 cm³/mol. The van der Waals surface area contributed by atoms with E-state index in [1.165, 1.54) is 37.0 Å². The van der Waals surface area contributed by atoms with Crippen molar-refractivity contribution in [3.05, 3.63) is 39.6 Å². The Kier molecular flexibility index (Phi) is 2.89. The zero-order chi connectivity index (χ0) is 13.7. The number of thioether (sulfide) groups is 1. The molecule has 3 heterocycles. The zero-order valence-electron chi connectivity index (χ0n) is 11.6. The van der Waals surface area contributed by atoms with Gasteiger partial charge in [0.25, 0.3) is 0 Å². The van der Waals surface area contributed by atoms with E-state index in [2.05, 4.69) is 47.3 Å². The average Bonchev–Trinajstić information content (AvgIpc) is 3.13. The maximum absolute atomic E-state index is 4.62. The van der Waals surface area contributed by atoms with E-state index in [9.17, 15) is 0 Å². The van der Waals surface area contributed by atoms with E-state index in [-0.39, 0.29) is 0 Å². The molecule has 0 radical (unpaired) electrons. The van der Waals surface area contributed by atoms with Crippen molar-refractivity contribution in [1.82, 2.24) is 4.90 Å². The fourth-order valence-electron chi connectivity index (χ4n) is 2.94. The Morgan fingerprint density at radius 2 is 2.25 bits per heavy atom. The second-order valence-electron chi connectivity index (χ2n) is 5.14. The smallest absolute Gasteiger partial charge is 0.168 e. The lowest BCUT2D eigenvalue weighted by Crippen LogP contribution is -2.20. The van der Waals surface area contributed by atoms with Crippen LogP contribution in [0.1, 0.15) is 24.5 Å². The minimum Gasteiger partial charge on any atom is -0.318 e. The molecule has 0 atom stereocenters. The molecular weight excluding hydrogens is 284 g/mol. The number of fused-ring (bicyclic) bond motifs is 2. The molecule has 0 unspecified atom stereocenters. The van der Waals surface area contributed by atoms with Crippen LogP contribution < -0.4 is 0 Å². The van der Waals surface area contributed by atoms with Crippen molar-refractivity contribution >= 4 is 44.0 Å². The Balaban J connectivity index is 1.96. The highest BCUT2D eigenvalue weighted by Crippen LogP contribution is 2.45. The van der Waals surface area contributed by atoms with Crippen LogP contribution in [0, 0.1) is 6.92 Å². The number of thiophene rings is 1. The van der Waals surface area contributed by atoms with Gasteiger partial charge in [-0.3, -0.25) is 4.99 Å². The van der Waals surface area contributed by atoms with Crippen molar-refractivity contribution in [3.8, 4) is 0 Å². The van der Waals surface area contributed by atoms with Crippen molar-refractivity contribution in [2.75, 3.05) is 13.1 Å². The third-order valence-electron chi connectivity index (χ3n) is 3.92. The maximum atomic E-state index is 4.62. The van der Waals surface area contributed by atoms with E-state index >= 15 is 0 Å². The van der Waals surface area contributed by atoms with Gasteiger partial charge in [-0.15, -0.1) is 11.3 Å². The summed E-state index contributed by atoms with van der Waals surface area (Å²) in [4.78, 5) is 8.49. The van der Waals surface area contributed by atoms with E-state index in [0.717, 1.165) is 19.5 Å².